The molecule has 1 fully saturated rings. The summed E-state index contributed by atoms with van der Waals surface area (Å²) in [6.45, 7) is 3.80. The number of carbonyl (C=O) groups excluding carboxylic acids is 1. The van der Waals surface area contributed by atoms with E-state index in [0.29, 0.717) is 24.2 Å². The highest BCUT2D eigenvalue weighted by atomic mass is 19.4. The van der Waals surface area contributed by atoms with Crippen LogP contribution in [-0.4, -0.2) is 53.9 Å². The Kier molecular flexibility index (Phi) is 4.69. The first-order valence-corrected chi connectivity index (χ1v) is 9.98. The Labute approximate surface area is 175 Å². The van der Waals surface area contributed by atoms with Gasteiger partial charge in [-0.2, -0.15) is 18.3 Å². The van der Waals surface area contributed by atoms with Gasteiger partial charge in [-0.3, -0.25) is 10.00 Å². The fraction of sp³-hybridized carbons (Fsp3) is 0.350. The van der Waals surface area contributed by atoms with Gasteiger partial charge in [0.05, 0.1) is 23.0 Å². The summed E-state index contributed by atoms with van der Waals surface area (Å²) in [4.78, 5) is 21.0. The van der Waals surface area contributed by atoms with Crippen molar-refractivity contribution in [1.82, 2.24) is 20.5 Å². The Balaban J connectivity index is 1.45. The molecule has 2 aliphatic rings. The molecule has 31 heavy (non-hydrogen) atoms. The van der Waals surface area contributed by atoms with Crippen LogP contribution < -0.4 is 20.4 Å². The molecule has 0 saturated carbocycles. The number of H-pyrrole nitrogens is 1. The van der Waals surface area contributed by atoms with Gasteiger partial charge in [0.1, 0.15) is 5.82 Å². The van der Waals surface area contributed by atoms with Gasteiger partial charge in [0.25, 0.3) is 0 Å². The number of urea groups is 1. The van der Waals surface area contributed by atoms with Gasteiger partial charge in [-0.15, -0.1) is 0 Å². The van der Waals surface area contributed by atoms with Crippen LogP contribution in [0.4, 0.5) is 35.2 Å². The number of rotatable bonds is 2. The second-order valence-corrected chi connectivity index (χ2v) is 7.55. The second kappa shape index (κ2) is 7.41. The number of benzene rings is 1. The quantitative estimate of drug-likeness (QED) is 0.581. The van der Waals surface area contributed by atoms with E-state index in [-0.39, 0.29) is 11.2 Å². The Morgan fingerprint density at radius 1 is 1.16 bits per heavy atom. The highest BCUT2D eigenvalue weighted by Gasteiger charge is 2.36. The molecule has 11 heteroatoms. The van der Waals surface area contributed by atoms with Gasteiger partial charge in [-0.1, -0.05) is 0 Å². The number of hydrogen-bond donors (Lipinski definition) is 3. The zero-order valence-corrected chi connectivity index (χ0v) is 16.5. The number of nitrogens with zero attached hydrogens (tertiary/aromatic N) is 4. The van der Waals surface area contributed by atoms with Crippen LogP contribution >= 0.6 is 0 Å². The van der Waals surface area contributed by atoms with E-state index < -0.39 is 17.8 Å². The van der Waals surface area contributed by atoms with E-state index in [2.05, 4.69) is 30.7 Å². The van der Waals surface area contributed by atoms with E-state index in [1.807, 2.05) is 6.07 Å². The van der Waals surface area contributed by atoms with Crippen LogP contribution in [0.1, 0.15) is 11.1 Å². The van der Waals surface area contributed by atoms with Crippen molar-refractivity contribution in [1.29, 1.82) is 0 Å². The second-order valence-electron chi connectivity index (χ2n) is 7.55. The Morgan fingerprint density at radius 3 is 2.74 bits per heavy atom. The minimum absolute atomic E-state index is 0.249. The van der Waals surface area contributed by atoms with Crippen molar-refractivity contribution in [3.05, 3.63) is 41.7 Å². The number of carbonyl (C=O) groups is 1. The summed E-state index contributed by atoms with van der Waals surface area (Å²) < 4.78 is 40.8. The van der Waals surface area contributed by atoms with E-state index >= 15 is 0 Å². The average Bonchev–Trinajstić information content (AvgIpc) is 3.39. The topological polar surface area (TPSA) is 89.2 Å². The zero-order chi connectivity index (χ0) is 21.6. The van der Waals surface area contributed by atoms with Crippen LogP contribution in [0.3, 0.4) is 0 Å². The lowest BCUT2D eigenvalue weighted by Crippen LogP contribution is -2.43. The lowest BCUT2D eigenvalue weighted by Gasteiger charge is -2.31. The van der Waals surface area contributed by atoms with Crippen molar-refractivity contribution in [3.8, 4) is 0 Å². The summed E-state index contributed by atoms with van der Waals surface area (Å²) in [5.41, 5.74) is 0.982. The first kappa shape index (κ1) is 19.6. The van der Waals surface area contributed by atoms with Crippen molar-refractivity contribution in [3.63, 3.8) is 0 Å². The predicted molar refractivity (Wildman–Crippen MR) is 110 cm³/mol. The van der Waals surface area contributed by atoms with Gasteiger partial charge in [-0.25, -0.2) is 9.78 Å². The fourth-order valence-electron chi connectivity index (χ4n) is 4.19. The smallest absolute Gasteiger partial charge is 0.369 e. The molecule has 2 amide bonds. The minimum atomic E-state index is -4.63. The minimum Gasteiger partial charge on any atom is -0.369 e. The molecule has 4 heterocycles. The normalized spacial score (nSPS) is 16.6. The van der Waals surface area contributed by atoms with Crippen LogP contribution in [-0.2, 0) is 12.6 Å². The number of anilines is 3. The summed E-state index contributed by atoms with van der Waals surface area (Å²) in [7, 11) is 0. The summed E-state index contributed by atoms with van der Waals surface area (Å²) in [6.07, 6.45) is -0.973. The summed E-state index contributed by atoms with van der Waals surface area (Å²) in [5, 5.41) is 12.5. The average molecular weight is 431 g/mol. The van der Waals surface area contributed by atoms with Crippen molar-refractivity contribution in [2.24, 2.45) is 0 Å². The lowest BCUT2D eigenvalue weighted by molar-refractivity contribution is -0.136. The van der Waals surface area contributed by atoms with Gasteiger partial charge >= 0.3 is 12.2 Å². The monoisotopic (exact) mass is 431 g/mol. The molecule has 1 aromatic carbocycles. The Bertz CT molecular complexity index is 1140. The highest BCUT2D eigenvalue weighted by molar-refractivity contribution is 6.04. The van der Waals surface area contributed by atoms with E-state index in [1.165, 1.54) is 17.2 Å². The number of alkyl halides is 3. The van der Waals surface area contributed by atoms with E-state index in [9.17, 15) is 18.0 Å². The van der Waals surface area contributed by atoms with Crippen molar-refractivity contribution in [2.45, 2.75) is 12.6 Å². The predicted octanol–water partition coefficient (Wildman–Crippen LogP) is 2.98. The number of halogens is 3. The molecule has 0 atom stereocenters. The Morgan fingerprint density at radius 2 is 1.97 bits per heavy atom. The number of pyridine rings is 1. The third kappa shape index (κ3) is 3.54. The van der Waals surface area contributed by atoms with Crippen LogP contribution in [0.2, 0.25) is 0 Å². The first-order valence-electron chi connectivity index (χ1n) is 9.98. The number of piperazine rings is 1. The standard InChI is InChI=1S/C20H20F3N7O/c21-20(22,23)14-10-15-12(11-26-28-15)9-16(14)27-19(31)30-6-2-13-17(1-3-25-18(13)30)29-7-4-24-5-8-29/h1,3,9-11,24H,2,4-8H2,(H,26,28)(H,27,31). The molecule has 0 radical (unpaired) electrons. The van der Waals surface area contributed by atoms with E-state index in [4.69, 9.17) is 0 Å². The molecule has 2 aliphatic heterocycles. The molecule has 0 spiro atoms. The third-order valence-electron chi connectivity index (χ3n) is 5.68. The number of amides is 2. The summed E-state index contributed by atoms with van der Waals surface area (Å²) in [5.74, 6) is 0.492. The van der Waals surface area contributed by atoms with Crippen LogP contribution in [0.15, 0.2) is 30.6 Å². The molecule has 162 valence electrons. The molecule has 3 aromatic rings. The van der Waals surface area contributed by atoms with Crippen LogP contribution in [0.25, 0.3) is 10.9 Å². The SMILES string of the molecule is O=C(Nc1cc2cn[nH]c2cc1C(F)(F)F)N1CCc2c(N3CCNCC3)ccnc21. The van der Waals surface area contributed by atoms with Crippen molar-refractivity contribution in [2.75, 3.05) is 47.8 Å². The number of aromatic nitrogens is 3. The molecule has 2 aromatic heterocycles. The Hall–Kier alpha value is -3.34. The molecule has 1 saturated heterocycles. The first-order chi connectivity index (χ1) is 14.9. The third-order valence-corrected chi connectivity index (χ3v) is 5.68. The summed E-state index contributed by atoms with van der Waals surface area (Å²) in [6, 6.07) is 3.52. The van der Waals surface area contributed by atoms with Gasteiger partial charge in [0.2, 0.25) is 0 Å². The van der Waals surface area contributed by atoms with Gasteiger partial charge < -0.3 is 15.5 Å². The van der Waals surface area contributed by atoms with E-state index in [0.717, 1.165) is 43.5 Å². The van der Waals surface area contributed by atoms with Gasteiger partial charge in [-0.05, 0) is 24.6 Å². The maximum Gasteiger partial charge on any atom is 0.418 e. The zero-order valence-electron chi connectivity index (χ0n) is 16.5. The molecule has 0 bridgehead atoms. The molecule has 3 N–H and O–H groups in total. The molecular weight excluding hydrogens is 411 g/mol. The molecule has 0 aliphatic carbocycles. The highest BCUT2D eigenvalue weighted by Crippen LogP contribution is 2.38. The van der Waals surface area contributed by atoms with E-state index in [1.54, 1.807) is 6.20 Å². The molecule has 5 rings (SSSR count). The van der Waals surface area contributed by atoms with Gasteiger partial charge in [0, 0.05) is 55.6 Å². The summed E-state index contributed by atoms with van der Waals surface area (Å²) >= 11 is 0. The maximum absolute atomic E-state index is 13.6. The number of hydrogen-bond acceptors (Lipinski definition) is 5. The van der Waals surface area contributed by atoms with Crippen molar-refractivity contribution >= 4 is 34.1 Å². The van der Waals surface area contributed by atoms with Crippen LogP contribution in [0, 0.1) is 0 Å². The largest absolute Gasteiger partial charge is 0.418 e. The number of nitrogens with one attached hydrogen (secondary N) is 3. The molecule has 0 unspecified atom stereocenters. The number of aromatic amines is 1. The van der Waals surface area contributed by atoms with Crippen molar-refractivity contribution < 1.29 is 18.0 Å². The lowest BCUT2D eigenvalue weighted by atomic mass is 10.1. The maximum atomic E-state index is 13.6. The fourth-order valence-corrected chi connectivity index (χ4v) is 4.19. The molecular formula is C20H20F3N7O. The molecule has 8 nitrogen and oxygen atoms in total. The van der Waals surface area contributed by atoms with Gasteiger partial charge in [0.15, 0.2) is 0 Å². The number of fused-ring (bicyclic) bond motifs is 2. The van der Waals surface area contributed by atoms with Crippen LogP contribution in [0.5, 0.6) is 0 Å².